The predicted octanol–water partition coefficient (Wildman–Crippen LogP) is 2.10. The number of hydrogen-bond donors (Lipinski definition) is 0. The summed E-state index contributed by atoms with van der Waals surface area (Å²) in [5.74, 6) is -0.520. The summed E-state index contributed by atoms with van der Waals surface area (Å²) in [6.07, 6.45) is 3.21. The van der Waals surface area contributed by atoms with Crippen LogP contribution in [-0.2, 0) is 7.05 Å². The number of hydrogen-bond acceptors (Lipinski definition) is 2. The second-order valence-electron chi connectivity index (χ2n) is 3.71. The molecule has 0 atom stereocenters. The molecule has 82 valence electrons. The Bertz CT molecular complexity index is 546. The van der Waals surface area contributed by atoms with E-state index in [1.165, 1.54) is 18.2 Å². The predicted molar refractivity (Wildman–Crippen MR) is 57.8 cm³/mol. The molecule has 0 saturated heterocycles. The lowest BCUT2D eigenvalue weighted by molar-refractivity contribution is 0.103. The smallest absolute Gasteiger partial charge is 0.213 e. The molecule has 0 spiro atoms. The van der Waals surface area contributed by atoms with Crippen LogP contribution in [0.3, 0.4) is 0 Å². The van der Waals surface area contributed by atoms with E-state index < -0.39 is 0 Å². The van der Waals surface area contributed by atoms with Crippen molar-refractivity contribution < 1.29 is 9.18 Å². The SMILES string of the molecule is Cc1cc(F)ccc1C(=O)c1cn(C)cn1. The monoisotopic (exact) mass is 218 g/mol. The van der Waals surface area contributed by atoms with E-state index in [1.807, 2.05) is 0 Å². The fourth-order valence-electron chi connectivity index (χ4n) is 1.55. The molecule has 0 bridgehead atoms. The Morgan fingerprint density at radius 3 is 2.75 bits per heavy atom. The molecule has 2 rings (SSSR count). The third-order valence-corrected chi connectivity index (χ3v) is 2.37. The first-order valence-electron chi connectivity index (χ1n) is 4.87. The van der Waals surface area contributed by atoms with E-state index in [4.69, 9.17) is 0 Å². The van der Waals surface area contributed by atoms with Gasteiger partial charge < -0.3 is 4.57 Å². The molecular weight excluding hydrogens is 207 g/mol. The van der Waals surface area contributed by atoms with Crippen molar-refractivity contribution in [2.24, 2.45) is 7.05 Å². The summed E-state index contributed by atoms with van der Waals surface area (Å²) in [5.41, 5.74) is 1.48. The summed E-state index contributed by atoms with van der Waals surface area (Å²) in [4.78, 5) is 16.0. The zero-order valence-corrected chi connectivity index (χ0v) is 9.07. The molecule has 0 amide bonds. The van der Waals surface area contributed by atoms with Crippen LogP contribution in [0.1, 0.15) is 21.6 Å². The van der Waals surface area contributed by atoms with Crippen molar-refractivity contribution in [3.63, 3.8) is 0 Å². The first-order chi connectivity index (χ1) is 7.58. The number of nitrogens with zero attached hydrogens (tertiary/aromatic N) is 2. The highest BCUT2D eigenvalue weighted by Gasteiger charge is 2.14. The Balaban J connectivity index is 2.41. The second kappa shape index (κ2) is 3.89. The largest absolute Gasteiger partial charge is 0.340 e. The Kier molecular flexibility index (Phi) is 2.56. The van der Waals surface area contributed by atoms with Crippen LogP contribution < -0.4 is 0 Å². The molecule has 0 saturated carbocycles. The molecule has 0 fully saturated rings. The number of carbonyl (C=O) groups excluding carboxylic acids is 1. The maximum Gasteiger partial charge on any atom is 0.213 e. The van der Waals surface area contributed by atoms with E-state index in [2.05, 4.69) is 4.98 Å². The molecule has 0 aliphatic carbocycles. The lowest BCUT2D eigenvalue weighted by Crippen LogP contribution is -2.04. The molecule has 16 heavy (non-hydrogen) atoms. The van der Waals surface area contributed by atoms with Crippen LogP contribution in [0.4, 0.5) is 4.39 Å². The normalized spacial score (nSPS) is 10.4. The molecular formula is C12H11FN2O. The molecule has 0 aliphatic heterocycles. The number of halogens is 1. The molecule has 1 heterocycles. The van der Waals surface area contributed by atoms with Crippen molar-refractivity contribution in [1.82, 2.24) is 9.55 Å². The van der Waals surface area contributed by atoms with Gasteiger partial charge in [0.15, 0.2) is 0 Å². The minimum absolute atomic E-state index is 0.182. The average molecular weight is 218 g/mol. The molecule has 1 aromatic carbocycles. The Morgan fingerprint density at radius 1 is 1.44 bits per heavy atom. The lowest BCUT2D eigenvalue weighted by Gasteiger charge is -2.02. The summed E-state index contributed by atoms with van der Waals surface area (Å²) >= 11 is 0. The number of aryl methyl sites for hydroxylation is 2. The van der Waals surface area contributed by atoms with Crippen LogP contribution >= 0.6 is 0 Å². The van der Waals surface area contributed by atoms with Crippen LogP contribution in [0.2, 0.25) is 0 Å². The molecule has 3 nitrogen and oxygen atoms in total. The van der Waals surface area contributed by atoms with Gasteiger partial charge in [0.25, 0.3) is 0 Å². The molecule has 0 aliphatic rings. The van der Waals surface area contributed by atoms with Crippen LogP contribution in [-0.4, -0.2) is 15.3 Å². The van der Waals surface area contributed by atoms with Gasteiger partial charge in [-0.15, -0.1) is 0 Å². The maximum absolute atomic E-state index is 12.9. The van der Waals surface area contributed by atoms with E-state index in [0.717, 1.165) is 0 Å². The van der Waals surface area contributed by atoms with Gasteiger partial charge in [0, 0.05) is 18.8 Å². The summed E-state index contributed by atoms with van der Waals surface area (Å²) in [7, 11) is 1.79. The van der Waals surface area contributed by atoms with Crippen molar-refractivity contribution in [1.29, 1.82) is 0 Å². The van der Waals surface area contributed by atoms with Crippen molar-refractivity contribution >= 4 is 5.78 Å². The molecule has 0 unspecified atom stereocenters. The van der Waals surface area contributed by atoms with Gasteiger partial charge in [-0.2, -0.15) is 0 Å². The first-order valence-corrected chi connectivity index (χ1v) is 4.87. The van der Waals surface area contributed by atoms with Gasteiger partial charge in [-0.1, -0.05) is 0 Å². The third kappa shape index (κ3) is 1.86. The van der Waals surface area contributed by atoms with Gasteiger partial charge >= 0.3 is 0 Å². The van der Waals surface area contributed by atoms with E-state index in [0.29, 0.717) is 16.8 Å². The number of rotatable bonds is 2. The first kappa shape index (κ1) is 10.5. The molecule has 4 heteroatoms. The van der Waals surface area contributed by atoms with Crippen molar-refractivity contribution in [3.8, 4) is 0 Å². The maximum atomic E-state index is 12.9. The quantitative estimate of drug-likeness (QED) is 0.723. The molecule has 0 N–H and O–H groups in total. The zero-order chi connectivity index (χ0) is 11.7. The van der Waals surface area contributed by atoms with E-state index in [1.54, 1.807) is 31.1 Å². The van der Waals surface area contributed by atoms with Crippen molar-refractivity contribution in [3.05, 3.63) is 53.4 Å². The Hall–Kier alpha value is -1.97. The topological polar surface area (TPSA) is 34.9 Å². The number of aromatic nitrogens is 2. The highest BCUT2D eigenvalue weighted by Crippen LogP contribution is 2.14. The highest BCUT2D eigenvalue weighted by atomic mass is 19.1. The Labute approximate surface area is 92.5 Å². The second-order valence-corrected chi connectivity index (χ2v) is 3.71. The van der Waals surface area contributed by atoms with Gasteiger partial charge in [-0.3, -0.25) is 4.79 Å². The average Bonchev–Trinajstić information content (AvgIpc) is 2.64. The van der Waals surface area contributed by atoms with Gasteiger partial charge in [-0.05, 0) is 30.7 Å². The third-order valence-electron chi connectivity index (χ3n) is 2.37. The van der Waals surface area contributed by atoms with Crippen LogP contribution in [0, 0.1) is 12.7 Å². The standard InChI is InChI=1S/C12H11FN2O/c1-8-5-9(13)3-4-10(8)12(16)11-6-15(2)7-14-11/h3-7H,1-2H3. The molecule has 2 aromatic rings. The van der Waals surface area contributed by atoms with Crippen molar-refractivity contribution in [2.45, 2.75) is 6.92 Å². The van der Waals surface area contributed by atoms with Crippen LogP contribution in [0.5, 0.6) is 0 Å². The van der Waals surface area contributed by atoms with Gasteiger partial charge in [0.2, 0.25) is 5.78 Å². The minimum Gasteiger partial charge on any atom is -0.340 e. The highest BCUT2D eigenvalue weighted by molar-refractivity contribution is 6.08. The summed E-state index contributed by atoms with van der Waals surface area (Å²) in [6, 6.07) is 4.11. The van der Waals surface area contributed by atoms with E-state index >= 15 is 0 Å². The van der Waals surface area contributed by atoms with Crippen LogP contribution in [0.25, 0.3) is 0 Å². The minimum atomic E-state index is -0.338. The van der Waals surface area contributed by atoms with E-state index in [9.17, 15) is 9.18 Å². The fourth-order valence-corrected chi connectivity index (χ4v) is 1.55. The van der Waals surface area contributed by atoms with Crippen LogP contribution in [0.15, 0.2) is 30.7 Å². The van der Waals surface area contributed by atoms with Gasteiger partial charge in [0.1, 0.15) is 11.5 Å². The molecule has 0 radical (unpaired) electrons. The van der Waals surface area contributed by atoms with E-state index in [-0.39, 0.29) is 11.6 Å². The fraction of sp³-hybridized carbons (Fsp3) is 0.167. The zero-order valence-electron chi connectivity index (χ0n) is 9.07. The lowest BCUT2D eigenvalue weighted by atomic mass is 10.0. The number of ketones is 1. The summed E-state index contributed by atoms with van der Waals surface area (Å²) < 4.78 is 14.6. The summed E-state index contributed by atoms with van der Waals surface area (Å²) in [6.45, 7) is 1.71. The summed E-state index contributed by atoms with van der Waals surface area (Å²) in [5, 5.41) is 0. The number of imidazole rings is 1. The van der Waals surface area contributed by atoms with Gasteiger partial charge in [0.05, 0.1) is 6.33 Å². The van der Waals surface area contributed by atoms with Crippen molar-refractivity contribution in [2.75, 3.05) is 0 Å². The van der Waals surface area contributed by atoms with Gasteiger partial charge in [-0.25, -0.2) is 9.37 Å². The molecule has 1 aromatic heterocycles. The number of benzene rings is 1. The Morgan fingerprint density at radius 2 is 2.19 bits per heavy atom. The number of carbonyl (C=O) groups is 1.